The second-order valence-corrected chi connectivity index (χ2v) is 5.93. The fraction of sp³-hybridized carbons (Fsp3) is 0.167. The molecule has 1 aromatic heterocycles. The minimum atomic E-state index is -3.20. The number of rotatable bonds is 4. The highest BCUT2D eigenvalue weighted by atomic mass is 32.2. The van der Waals surface area contributed by atoms with E-state index in [1.807, 2.05) is 0 Å². The van der Waals surface area contributed by atoms with Gasteiger partial charge in [0.2, 0.25) is 5.88 Å². The Morgan fingerprint density at radius 3 is 2.26 bits per heavy atom. The maximum Gasteiger partial charge on any atom is 0.238 e. The molecule has 0 saturated carbocycles. The molecule has 0 aliphatic carbocycles. The molecule has 0 radical (unpaired) electrons. The van der Waals surface area contributed by atoms with Gasteiger partial charge in [0.05, 0.1) is 10.6 Å². The van der Waals surface area contributed by atoms with E-state index in [1.54, 1.807) is 24.3 Å². The molecule has 0 fully saturated rings. The van der Waals surface area contributed by atoms with Gasteiger partial charge in [-0.3, -0.25) is 0 Å². The summed E-state index contributed by atoms with van der Waals surface area (Å²) in [6.45, 7) is 0.316. The third kappa shape index (κ3) is 3.49. The van der Waals surface area contributed by atoms with Crippen molar-refractivity contribution in [2.75, 3.05) is 6.26 Å². The van der Waals surface area contributed by atoms with Crippen LogP contribution >= 0.6 is 0 Å². The lowest BCUT2D eigenvalue weighted by Gasteiger charge is -2.05. The Morgan fingerprint density at radius 2 is 1.79 bits per heavy atom. The zero-order chi connectivity index (χ0) is 13.9. The minimum Gasteiger partial charge on any atom is -0.438 e. The van der Waals surface area contributed by atoms with Gasteiger partial charge in [0.1, 0.15) is 5.75 Å². The van der Waals surface area contributed by atoms with Gasteiger partial charge in [0.15, 0.2) is 9.84 Å². The second kappa shape index (κ2) is 5.33. The average molecular weight is 279 g/mol. The summed E-state index contributed by atoms with van der Waals surface area (Å²) in [4.78, 5) is 0.240. The van der Waals surface area contributed by atoms with E-state index >= 15 is 0 Å². The second-order valence-electron chi connectivity index (χ2n) is 3.91. The molecular formula is C12H13N3O3S. The minimum absolute atomic E-state index is 0.240. The number of hydrogen-bond acceptors (Lipinski definition) is 6. The lowest BCUT2D eigenvalue weighted by atomic mass is 10.3. The molecule has 1 aromatic carbocycles. The number of ether oxygens (including phenoxy) is 1. The molecule has 0 spiro atoms. The summed E-state index contributed by atoms with van der Waals surface area (Å²) in [5.41, 5.74) is 6.08. The van der Waals surface area contributed by atoms with Crippen molar-refractivity contribution >= 4 is 9.84 Å². The molecule has 19 heavy (non-hydrogen) atoms. The number of benzene rings is 1. The lowest BCUT2D eigenvalue weighted by Crippen LogP contribution is -2.01. The van der Waals surface area contributed by atoms with Gasteiger partial charge in [-0.25, -0.2) is 8.42 Å². The Labute approximate surface area is 111 Å². The van der Waals surface area contributed by atoms with Crippen molar-refractivity contribution in [3.63, 3.8) is 0 Å². The first kappa shape index (κ1) is 13.4. The maximum absolute atomic E-state index is 11.3. The molecule has 0 aliphatic heterocycles. The number of aromatic nitrogens is 2. The van der Waals surface area contributed by atoms with E-state index < -0.39 is 9.84 Å². The Morgan fingerprint density at radius 1 is 1.11 bits per heavy atom. The molecule has 0 amide bonds. The summed E-state index contributed by atoms with van der Waals surface area (Å²) in [5.74, 6) is 0.812. The van der Waals surface area contributed by atoms with Crippen LogP contribution in [0.4, 0.5) is 0 Å². The van der Waals surface area contributed by atoms with Crippen molar-refractivity contribution in [2.45, 2.75) is 11.4 Å². The Balaban J connectivity index is 2.15. The molecule has 0 saturated heterocycles. The van der Waals surface area contributed by atoms with Gasteiger partial charge < -0.3 is 10.5 Å². The van der Waals surface area contributed by atoms with E-state index in [0.29, 0.717) is 23.9 Å². The van der Waals surface area contributed by atoms with Crippen LogP contribution in [0.15, 0.2) is 41.3 Å². The van der Waals surface area contributed by atoms with E-state index in [1.165, 1.54) is 12.1 Å². The number of nitrogens with zero attached hydrogens (tertiary/aromatic N) is 2. The fourth-order valence-corrected chi connectivity index (χ4v) is 2.02. The highest BCUT2D eigenvalue weighted by Crippen LogP contribution is 2.20. The normalized spacial score (nSPS) is 11.3. The van der Waals surface area contributed by atoms with Gasteiger partial charge in [-0.1, -0.05) is 0 Å². The molecular weight excluding hydrogens is 266 g/mol. The fourth-order valence-electron chi connectivity index (χ4n) is 1.39. The first-order valence-corrected chi connectivity index (χ1v) is 7.39. The summed E-state index contributed by atoms with van der Waals surface area (Å²) in [7, 11) is -3.20. The monoisotopic (exact) mass is 279 g/mol. The zero-order valence-electron chi connectivity index (χ0n) is 10.3. The Hall–Kier alpha value is -1.99. The van der Waals surface area contributed by atoms with Crippen LogP contribution in [-0.4, -0.2) is 24.9 Å². The van der Waals surface area contributed by atoms with Crippen molar-refractivity contribution in [1.82, 2.24) is 10.2 Å². The number of sulfone groups is 1. The van der Waals surface area contributed by atoms with Gasteiger partial charge in [-0.15, -0.1) is 5.10 Å². The molecule has 100 valence electrons. The van der Waals surface area contributed by atoms with Gasteiger partial charge in [0, 0.05) is 18.9 Å². The molecule has 1 heterocycles. The third-order valence-electron chi connectivity index (χ3n) is 2.38. The summed E-state index contributed by atoms with van der Waals surface area (Å²) < 4.78 is 28.0. The Bertz CT molecular complexity index is 652. The molecule has 0 unspecified atom stereocenters. The van der Waals surface area contributed by atoms with Crippen molar-refractivity contribution in [1.29, 1.82) is 0 Å². The molecule has 2 N–H and O–H groups in total. The smallest absolute Gasteiger partial charge is 0.238 e. The predicted molar refractivity (Wildman–Crippen MR) is 69.5 cm³/mol. The van der Waals surface area contributed by atoms with Crippen molar-refractivity contribution in [3.8, 4) is 11.6 Å². The van der Waals surface area contributed by atoms with Gasteiger partial charge in [-0.2, -0.15) is 5.10 Å². The number of nitrogens with two attached hydrogens (primary N) is 1. The summed E-state index contributed by atoms with van der Waals surface area (Å²) >= 11 is 0. The topological polar surface area (TPSA) is 95.2 Å². The van der Waals surface area contributed by atoms with Crippen LogP contribution in [0.2, 0.25) is 0 Å². The first-order valence-electron chi connectivity index (χ1n) is 5.50. The molecule has 2 aromatic rings. The predicted octanol–water partition coefficient (Wildman–Crippen LogP) is 1.13. The average Bonchev–Trinajstić information content (AvgIpc) is 2.39. The highest BCUT2D eigenvalue weighted by molar-refractivity contribution is 7.90. The van der Waals surface area contributed by atoms with Crippen molar-refractivity contribution in [2.24, 2.45) is 5.73 Å². The van der Waals surface area contributed by atoms with E-state index in [-0.39, 0.29) is 4.90 Å². The van der Waals surface area contributed by atoms with Crippen LogP contribution in [-0.2, 0) is 16.4 Å². The number of hydrogen-bond donors (Lipinski definition) is 1. The third-order valence-corrected chi connectivity index (χ3v) is 3.51. The molecule has 6 nitrogen and oxygen atoms in total. The Kier molecular flexibility index (Phi) is 3.77. The summed E-state index contributed by atoms with van der Waals surface area (Å²) in [5, 5.41) is 7.70. The summed E-state index contributed by atoms with van der Waals surface area (Å²) in [6.07, 6.45) is 1.15. The van der Waals surface area contributed by atoms with E-state index in [2.05, 4.69) is 10.2 Å². The highest BCUT2D eigenvalue weighted by Gasteiger charge is 2.07. The van der Waals surface area contributed by atoms with Crippen LogP contribution < -0.4 is 10.5 Å². The standard InChI is InChI=1S/C12H13N3O3S/c1-19(16,17)11-5-3-10(4-6-11)18-12-7-2-9(8-13)14-15-12/h2-7H,8,13H2,1H3. The van der Waals surface area contributed by atoms with Crippen molar-refractivity contribution in [3.05, 3.63) is 42.1 Å². The SMILES string of the molecule is CS(=O)(=O)c1ccc(Oc2ccc(CN)nn2)cc1. The molecule has 0 aliphatic rings. The zero-order valence-corrected chi connectivity index (χ0v) is 11.1. The van der Waals surface area contributed by atoms with Gasteiger partial charge >= 0.3 is 0 Å². The molecule has 2 rings (SSSR count). The van der Waals surface area contributed by atoms with Crippen LogP contribution in [0.3, 0.4) is 0 Å². The quantitative estimate of drug-likeness (QED) is 0.901. The van der Waals surface area contributed by atoms with Crippen LogP contribution in [0, 0.1) is 0 Å². The maximum atomic E-state index is 11.3. The van der Waals surface area contributed by atoms with Crippen LogP contribution in [0.25, 0.3) is 0 Å². The van der Waals surface area contributed by atoms with E-state index in [0.717, 1.165) is 6.26 Å². The first-order chi connectivity index (χ1) is 8.99. The van der Waals surface area contributed by atoms with Gasteiger partial charge in [-0.05, 0) is 30.3 Å². The lowest BCUT2D eigenvalue weighted by molar-refractivity contribution is 0.453. The van der Waals surface area contributed by atoms with Crippen molar-refractivity contribution < 1.29 is 13.2 Å². The molecule has 0 atom stereocenters. The van der Waals surface area contributed by atoms with Crippen LogP contribution in [0.1, 0.15) is 5.69 Å². The summed E-state index contributed by atoms with van der Waals surface area (Å²) in [6, 6.07) is 9.45. The molecule has 0 bridgehead atoms. The largest absolute Gasteiger partial charge is 0.438 e. The van der Waals surface area contributed by atoms with Gasteiger partial charge in [0.25, 0.3) is 0 Å². The van der Waals surface area contributed by atoms with E-state index in [4.69, 9.17) is 10.5 Å². The van der Waals surface area contributed by atoms with E-state index in [9.17, 15) is 8.42 Å². The molecule has 7 heteroatoms. The van der Waals surface area contributed by atoms with Crippen LogP contribution in [0.5, 0.6) is 11.6 Å².